The third kappa shape index (κ3) is 20.0. The van der Waals surface area contributed by atoms with Crippen molar-refractivity contribution in [1.82, 2.24) is 0 Å². The minimum Gasteiger partial charge on any atom is -0.466 e. The third-order valence-corrected chi connectivity index (χ3v) is 1.15. The molecule has 0 amide bonds. The zero-order chi connectivity index (χ0) is 14.6. The van der Waals surface area contributed by atoms with Crippen molar-refractivity contribution >= 4 is 0 Å². The molecule has 1 aromatic rings. The maximum Gasteiger partial charge on any atom is 0.229 e. The molecule has 0 bridgehead atoms. The average molecular weight is 254 g/mol. The summed E-state index contributed by atoms with van der Waals surface area (Å²) in [7, 11) is 0. The Balaban J connectivity index is -0.000000274. The lowest BCUT2D eigenvalue weighted by atomic mass is 10.3. The fourth-order valence-electron chi connectivity index (χ4n) is 0.667. The molecule has 0 radical (unpaired) electrons. The Kier molecular flexibility index (Phi) is 29.9. The molecule has 0 saturated heterocycles. The van der Waals surface area contributed by atoms with Crippen LogP contribution in [0.4, 0.5) is 0 Å². The van der Waals surface area contributed by atoms with Gasteiger partial charge in [0.25, 0.3) is 0 Å². The van der Waals surface area contributed by atoms with Crippen molar-refractivity contribution < 1.29 is 9.47 Å². The number of hydrogen-bond acceptors (Lipinski definition) is 2. The molecule has 0 unspecified atom stereocenters. The second-order valence-electron chi connectivity index (χ2n) is 2.62. The van der Waals surface area contributed by atoms with E-state index in [9.17, 15) is 0 Å². The van der Waals surface area contributed by atoms with E-state index in [2.05, 4.69) is 20.4 Å². The monoisotopic (exact) mass is 254 g/mol. The van der Waals surface area contributed by atoms with Crippen molar-refractivity contribution in [1.29, 1.82) is 0 Å². The normalized spacial score (nSPS) is 7.00. The van der Waals surface area contributed by atoms with Gasteiger partial charge < -0.3 is 9.47 Å². The van der Waals surface area contributed by atoms with Crippen LogP contribution in [0.15, 0.2) is 43.2 Å². The molecule has 0 heterocycles. The average Bonchev–Trinajstić information content (AvgIpc) is 2.46. The molecular formula is C16H30O2. The predicted molar refractivity (Wildman–Crippen MR) is 81.9 cm³/mol. The molecule has 0 atom stereocenters. The molecule has 0 aliphatic carbocycles. The zero-order valence-electron chi connectivity index (χ0n) is 12.9. The maximum atomic E-state index is 5.15. The van der Waals surface area contributed by atoms with Crippen LogP contribution in [-0.4, -0.2) is 6.79 Å². The molecule has 0 aliphatic heterocycles. The second kappa shape index (κ2) is 24.7. The summed E-state index contributed by atoms with van der Waals surface area (Å²) in [5.41, 5.74) is 0. The van der Waals surface area contributed by atoms with Gasteiger partial charge in [0.1, 0.15) is 5.75 Å². The van der Waals surface area contributed by atoms with Gasteiger partial charge >= 0.3 is 0 Å². The van der Waals surface area contributed by atoms with E-state index in [0.29, 0.717) is 0 Å². The van der Waals surface area contributed by atoms with Crippen molar-refractivity contribution in [3.05, 3.63) is 43.2 Å². The van der Waals surface area contributed by atoms with Gasteiger partial charge in [-0.15, -0.1) is 0 Å². The van der Waals surface area contributed by atoms with Gasteiger partial charge in [-0.3, -0.25) is 0 Å². The molecule has 106 valence electrons. The molecular weight excluding hydrogens is 224 g/mol. The van der Waals surface area contributed by atoms with Crippen LogP contribution < -0.4 is 4.74 Å². The number of benzene rings is 1. The van der Waals surface area contributed by atoms with Gasteiger partial charge in [0.15, 0.2) is 0 Å². The van der Waals surface area contributed by atoms with E-state index >= 15 is 0 Å². The topological polar surface area (TPSA) is 18.5 Å². The number of hydrogen-bond donors (Lipinski definition) is 0. The minimum absolute atomic E-state index is 0.216. The smallest absolute Gasteiger partial charge is 0.229 e. The molecule has 0 saturated carbocycles. The standard InChI is InChI=1S/C9H10O2.C3H8.2C2H6/c1-2-10-8-11-9-6-4-3-5-7-9;1-3-2;2*1-2/h2-7H,1,8H2;3H2,1-2H3;2*1-2H3. The first-order valence-corrected chi connectivity index (χ1v) is 6.75. The van der Waals surface area contributed by atoms with Crippen LogP contribution in [0.5, 0.6) is 5.75 Å². The molecule has 0 N–H and O–H groups in total. The van der Waals surface area contributed by atoms with Crippen LogP contribution in [0.2, 0.25) is 0 Å². The summed E-state index contributed by atoms with van der Waals surface area (Å²) in [5, 5.41) is 0. The molecule has 2 heteroatoms. The van der Waals surface area contributed by atoms with Gasteiger partial charge in [-0.1, -0.05) is 72.7 Å². The molecule has 0 spiro atoms. The van der Waals surface area contributed by atoms with Crippen molar-refractivity contribution in [3.63, 3.8) is 0 Å². The molecule has 0 aliphatic rings. The number of ether oxygens (including phenoxy) is 2. The summed E-state index contributed by atoms with van der Waals surface area (Å²) in [5.74, 6) is 0.800. The lowest BCUT2D eigenvalue weighted by Crippen LogP contribution is -1.97. The van der Waals surface area contributed by atoms with Crippen molar-refractivity contribution in [2.45, 2.75) is 48.0 Å². The summed E-state index contributed by atoms with van der Waals surface area (Å²) in [6, 6.07) is 9.48. The van der Waals surface area contributed by atoms with Gasteiger partial charge in [-0.2, -0.15) is 0 Å². The first-order valence-electron chi connectivity index (χ1n) is 6.75. The summed E-state index contributed by atoms with van der Waals surface area (Å²) in [6.07, 6.45) is 2.60. The maximum absolute atomic E-state index is 5.15. The summed E-state index contributed by atoms with van der Waals surface area (Å²) in [4.78, 5) is 0. The number of rotatable bonds is 4. The van der Waals surface area contributed by atoms with E-state index < -0.39 is 0 Å². The fraction of sp³-hybridized carbons (Fsp3) is 0.500. The lowest BCUT2D eigenvalue weighted by molar-refractivity contribution is 0.0807. The molecule has 1 rings (SSSR count). The van der Waals surface area contributed by atoms with E-state index in [0.717, 1.165) is 5.75 Å². The highest BCUT2D eigenvalue weighted by Gasteiger charge is 1.87. The highest BCUT2D eigenvalue weighted by molar-refractivity contribution is 5.20. The Labute approximate surface area is 114 Å². The fourth-order valence-corrected chi connectivity index (χ4v) is 0.667. The highest BCUT2D eigenvalue weighted by Crippen LogP contribution is 2.07. The number of para-hydroxylation sites is 1. The Morgan fingerprint density at radius 2 is 1.44 bits per heavy atom. The van der Waals surface area contributed by atoms with Crippen molar-refractivity contribution in [2.24, 2.45) is 0 Å². The molecule has 0 aromatic heterocycles. The van der Waals surface area contributed by atoms with E-state index in [-0.39, 0.29) is 6.79 Å². The predicted octanol–water partition coefficient (Wildman–Crippen LogP) is 5.65. The van der Waals surface area contributed by atoms with E-state index in [1.165, 1.54) is 12.7 Å². The van der Waals surface area contributed by atoms with Gasteiger partial charge in [0.05, 0.1) is 6.26 Å². The lowest BCUT2D eigenvalue weighted by Gasteiger charge is -2.03. The van der Waals surface area contributed by atoms with Crippen LogP contribution in [0.1, 0.15) is 48.0 Å². The van der Waals surface area contributed by atoms with Gasteiger partial charge in [-0.05, 0) is 12.1 Å². The Hall–Kier alpha value is -1.44. The van der Waals surface area contributed by atoms with Crippen molar-refractivity contribution in [2.75, 3.05) is 6.79 Å². The van der Waals surface area contributed by atoms with E-state index in [1.807, 2.05) is 58.0 Å². The highest BCUT2D eigenvalue weighted by atomic mass is 16.7. The minimum atomic E-state index is 0.216. The van der Waals surface area contributed by atoms with Gasteiger partial charge in [0.2, 0.25) is 6.79 Å². The van der Waals surface area contributed by atoms with Crippen LogP contribution in [-0.2, 0) is 4.74 Å². The third-order valence-electron chi connectivity index (χ3n) is 1.15. The molecule has 1 aromatic carbocycles. The molecule has 2 nitrogen and oxygen atoms in total. The largest absolute Gasteiger partial charge is 0.466 e. The Morgan fingerprint density at radius 1 is 1.00 bits per heavy atom. The van der Waals surface area contributed by atoms with E-state index in [1.54, 1.807) is 0 Å². The summed E-state index contributed by atoms with van der Waals surface area (Å²) >= 11 is 0. The van der Waals surface area contributed by atoms with Crippen molar-refractivity contribution in [3.8, 4) is 5.75 Å². The van der Waals surface area contributed by atoms with Crippen LogP contribution in [0, 0.1) is 0 Å². The molecule has 0 fully saturated rings. The first kappa shape index (κ1) is 21.8. The Bertz CT molecular complexity index is 220. The SMILES string of the molecule is C=COCOc1ccccc1.CC.CC.CCC. The Morgan fingerprint density at radius 3 is 1.83 bits per heavy atom. The van der Waals surface area contributed by atoms with Crippen LogP contribution in [0.3, 0.4) is 0 Å². The first-order chi connectivity index (χ1) is 8.85. The second-order valence-corrected chi connectivity index (χ2v) is 2.62. The summed E-state index contributed by atoms with van der Waals surface area (Å²) < 4.78 is 9.93. The van der Waals surface area contributed by atoms with Gasteiger partial charge in [-0.25, -0.2) is 0 Å². The molecule has 18 heavy (non-hydrogen) atoms. The van der Waals surface area contributed by atoms with Gasteiger partial charge in [0, 0.05) is 0 Å². The zero-order valence-corrected chi connectivity index (χ0v) is 12.9. The van der Waals surface area contributed by atoms with Crippen LogP contribution >= 0.6 is 0 Å². The quantitative estimate of drug-likeness (QED) is 0.392. The van der Waals surface area contributed by atoms with Crippen LogP contribution in [0.25, 0.3) is 0 Å². The summed E-state index contributed by atoms with van der Waals surface area (Å²) in [6.45, 7) is 15.9. The van der Waals surface area contributed by atoms with E-state index in [4.69, 9.17) is 9.47 Å².